The molecule has 1 unspecified atom stereocenters. The highest BCUT2D eigenvalue weighted by molar-refractivity contribution is 9.10. The summed E-state index contributed by atoms with van der Waals surface area (Å²) in [7, 11) is 0. The maximum Gasteiger partial charge on any atom is 0.435 e. The van der Waals surface area contributed by atoms with Crippen molar-refractivity contribution >= 4 is 33.5 Å². The summed E-state index contributed by atoms with van der Waals surface area (Å²) in [5.74, 6) is -0.960. The summed E-state index contributed by atoms with van der Waals surface area (Å²) in [5, 5.41) is 5.22. The average Bonchev–Trinajstić information content (AvgIpc) is 3.15. The van der Waals surface area contributed by atoms with Crippen molar-refractivity contribution in [3.63, 3.8) is 0 Å². The van der Waals surface area contributed by atoms with Crippen molar-refractivity contribution in [1.82, 2.24) is 14.8 Å². The molecule has 0 saturated carbocycles. The Morgan fingerprint density at radius 3 is 2.49 bits per heavy atom. The predicted molar refractivity (Wildman–Crippen MR) is 133 cm³/mol. The number of carbonyl (C=O) groups is 1. The number of hydrogen-bond acceptors (Lipinski definition) is 5. The largest absolute Gasteiger partial charge is 0.445 e. The standard InChI is InChI=1S/C26H16BrClF3N3O3/c27-18-9-4-8-17(14-18)22-21-23(26(29,30)31)32-34(20-11-5-10-19(28)15-20)24(21)36-13-12-33(22)37-25(35)16-6-2-1-3-7-16/h1-15,22H. The second kappa shape index (κ2) is 9.95. The molecular formula is C26H16BrClF3N3O3. The van der Waals surface area contributed by atoms with Gasteiger partial charge in [0.15, 0.2) is 5.69 Å². The second-order valence-electron chi connectivity index (χ2n) is 7.92. The third-order valence-electron chi connectivity index (χ3n) is 5.48. The Hall–Kier alpha value is -3.76. The Labute approximate surface area is 222 Å². The van der Waals surface area contributed by atoms with Crippen molar-refractivity contribution < 1.29 is 27.5 Å². The smallest absolute Gasteiger partial charge is 0.435 e. The normalized spacial score (nSPS) is 15.1. The fourth-order valence-electron chi connectivity index (χ4n) is 3.93. The highest BCUT2D eigenvalue weighted by Gasteiger charge is 2.45. The molecule has 5 rings (SSSR count). The van der Waals surface area contributed by atoms with E-state index in [9.17, 15) is 18.0 Å². The zero-order valence-corrected chi connectivity index (χ0v) is 21.0. The molecule has 4 aromatic rings. The number of hydroxylamine groups is 2. The van der Waals surface area contributed by atoms with Crippen LogP contribution >= 0.6 is 27.5 Å². The molecule has 37 heavy (non-hydrogen) atoms. The van der Waals surface area contributed by atoms with Gasteiger partial charge < -0.3 is 9.57 Å². The Morgan fingerprint density at radius 2 is 1.78 bits per heavy atom. The van der Waals surface area contributed by atoms with Gasteiger partial charge in [0.1, 0.15) is 12.3 Å². The predicted octanol–water partition coefficient (Wildman–Crippen LogP) is 7.33. The summed E-state index contributed by atoms with van der Waals surface area (Å²) in [6, 6.07) is 19.7. The average molecular weight is 591 g/mol. The van der Waals surface area contributed by atoms with E-state index in [1.165, 1.54) is 24.4 Å². The van der Waals surface area contributed by atoms with E-state index in [0.29, 0.717) is 15.1 Å². The van der Waals surface area contributed by atoms with Crippen LogP contribution in [0, 0.1) is 0 Å². The third kappa shape index (κ3) is 5.07. The molecule has 0 fully saturated rings. The van der Waals surface area contributed by atoms with Crippen LogP contribution in [0.3, 0.4) is 0 Å². The van der Waals surface area contributed by atoms with Gasteiger partial charge >= 0.3 is 12.1 Å². The third-order valence-corrected chi connectivity index (χ3v) is 6.21. The van der Waals surface area contributed by atoms with Gasteiger partial charge in [-0.15, -0.1) is 0 Å². The fourth-order valence-corrected chi connectivity index (χ4v) is 4.53. The number of alkyl halides is 3. The number of aromatic nitrogens is 2. The summed E-state index contributed by atoms with van der Waals surface area (Å²) < 4.78 is 50.6. The molecule has 2 heterocycles. The maximum absolute atomic E-state index is 14.4. The first-order valence-corrected chi connectivity index (χ1v) is 12.0. The number of nitrogens with zero attached hydrogens (tertiary/aromatic N) is 3. The fraction of sp³-hybridized carbons (Fsp3) is 0.0769. The van der Waals surface area contributed by atoms with E-state index >= 15 is 0 Å². The lowest BCUT2D eigenvalue weighted by Crippen LogP contribution is -2.29. The van der Waals surface area contributed by atoms with Crippen LogP contribution in [0.4, 0.5) is 13.2 Å². The Kier molecular flexibility index (Phi) is 6.70. The van der Waals surface area contributed by atoms with Crippen LogP contribution in [0.25, 0.3) is 5.69 Å². The van der Waals surface area contributed by atoms with Crippen LogP contribution in [0.2, 0.25) is 5.02 Å². The number of carbonyl (C=O) groups excluding carboxylic acids is 1. The van der Waals surface area contributed by atoms with Crippen molar-refractivity contribution in [2.24, 2.45) is 0 Å². The van der Waals surface area contributed by atoms with Crippen LogP contribution < -0.4 is 4.74 Å². The zero-order valence-electron chi connectivity index (χ0n) is 18.7. The molecule has 0 bridgehead atoms. The van der Waals surface area contributed by atoms with E-state index in [2.05, 4.69) is 21.0 Å². The Bertz CT molecular complexity index is 1490. The van der Waals surface area contributed by atoms with Crippen molar-refractivity contribution in [3.05, 3.63) is 123 Å². The Balaban J connectivity index is 1.72. The van der Waals surface area contributed by atoms with E-state index < -0.39 is 23.9 Å². The molecule has 0 N–H and O–H groups in total. The molecule has 6 nitrogen and oxygen atoms in total. The summed E-state index contributed by atoms with van der Waals surface area (Å²) >= 11 is 9.47. The van der Waals surface area contributed by atoms with Gasteiger partial charge in [-0.2, -0.15) is 28.0 Å². The minimum Gasteiger partial charge on any atom is -0.445 e. The molecule has 0 spiro atoms. The number of fused-ring (bicyclic) bond motifs is 1. The van der Waals surface area contributed by atoms with Crippen molar-refractivity contribution in [1.29, 1.82) is 0 Å². The van der Waals surface area contributed by atoms with Gasteiger partial charge in [0.25, 0.3) is 0 Å². The molecule has 3 aromatic carbocycles. The van der Waals surface area contributed by atoms with Crippen LogP contribution in [0.15, 0.2) is 95.8 Å². The van der Waals surface area contributed by atoms with E-state index in [1.54, 1.807) is 60.7 Å². The lowest BCUT2D eigenvalue weighted by Gasteiger charge is -2.28. The summed E-state index contributed by atoms with van der Waals surface area (Å²) in [4.78, 5) is 18.5. The van der Waals surface area contributed by atoms with Gasteiger partial charge in [-0.3, -0.25) is 0 Å². The highest BCUT2D eigenvalue weighted by atomic mass is 79.9. The summed E-state index contributed by atoms with van der Waals surface area (Å²) in [6.45, 7) is 0. The van der Waals surface area contributed by atoms with E-state index in [-0.39, 0.29) is 22.7 Å². The highest BCUT2D eigenvalue weighted by Crippen LogP contribution is 2.46. The number of hydrogen-bond donors (Lipinski definition) is 0. The molecular weight excluding hydrogens is 575 g/mol. The van der Waals surface area contributed by atoms with Gasteiger partial charge in [0.05, 0.1) is 23.0 Å². The minimum absolute atomic E-state index is 0.200. The monoisotopic (exact) mass is 589 g/mol. The van der Waals surface area contributed by atoms with Gasteiger partial charge in [0, 0.05) is 9.50 Å². The molecule has 0 saturated heterocycles. The Morgan fingerprint density at radius 1 is 1.03 bits per heavy atom. The first-order valence-electron chi connectivity index (χ1n) is 10.8. The van der Waals surface area contributed by atoms with E-state index in [4.69, 9.17) is 21.2 Å². The lowest BCUT2D eigenvalue weighted by molar-refractivity contribution is -0.144. The lowest BCUT2D eigenvalue weighted by atomic mass is 9.98. The van der Waals surface area contributed by atoms with Crippen LogP contribution in [-0.2, 0) is 11.0 Å². The number of ether oxygens (including phenoxy) is 1. The summed E-state index contributed by atoms with van der Waals surface area (Å²) in [5.41, 5.74) is -0.661. The minimum atomic E-state index is -4.86. The molecule has 0 radical (unpaired) electrons. The van der Waals surface area contributed by atoms with Gasteiger partial charge in [-0.1, -0.05) is 63.9 Å². The molecule has 1 atom stereocenters. The molecule has 11 heteroatoms. The number of benzene rings is 3. The molecule has 188 valence electrons. The maximum atomic E-state index is 14.4. The quantitative estimate of drug-likeness (QED) is 0.249. The van der Waals surface area contributed by atoms with E-state index in [1.807, 2.05) is 0 Å². The molecule has 0 aliphatic carbocycles. The van der Waals surface area contributed by atoms with Crippen molar-refractivity contribution in [2.45, 2.75) is 12.2 Å². The molecule has 0 amide bonds. The molecule has 1 aliphatic rings. The van der Waals surface area contributed by atoms with Crippen LogP contribution in [0.5, 0.6) is 5.88 Å². The van der Waals surface area contributed by atoms with Gasteiger partial charge in [-0.25, -0.2) is 4.79 Å². The van der Waals surface area contributed by atoms with E-state index in [0.717, 1.165) is 16.0 Å². The van der Waals surface area contributed by atoms with Gasteiger partial charge in [0.2, 0.25) is 5.88 Å². The number of halogens is 5. The van der Waals surface area contributed by atoms with Gasteiger partial charge in [-0.05, 0) is 48.0 Å². The first kappa shape index (κ1) is 24.9. The van der Waals surface area contributed by atoms with Crippen molar-refractivity contribution in [2.75, 3.05) is 0 Å². The van der Waals surface area contributed by atoms with Crippen LogP contribution in [-0.4, -0.2) is 20.8 Å². The molecule has 1 aromatic heterocycles. The molecule has 1 aliphatic heterocycles. The summed E-state index contributed by atoms with van der Waals surface area (Å²) in [6.07, 6.45) is -2.46. The zero-order chi connectivity index (χ0) is 26.2. The topological polar surface area (TPSA) is 56.6 Å². The second-order valence-corrected chi connectivity index (χ2v) is 9.27. The van der Waals surface area contributed by atoms with Crippen molar-refractivity contribution in [3.8, 4) is 11.6 Å². The van der Waals surface area contributed by atoms with Crippen LogP contribution in [0.1, 0.15) is 33.2 Å². The SMILES string of the molecule is O=C(ON1C=COc2c(c(C(F)(F)F)nn2-c2cccc(Cl)c2)C1c1cccc(Br)c1)c1ccccc1. The number of rotatable bonds is 4. The first-order chi connectivity index (χ1) is 17.7.